The van der Waals surface area contributed by atoms with Crippen LogP contribution in [0.3, 0.4) is 0 Å². The molecule has 1 N–H and O–H groups in total. The van der Waals surface area contributed by atoms with Gasteiger partial charge in [-0.15, -0.1) is 0 Å². The van der Waals surface area contributed by atoms with E-state index in [-0.39, 0.29) is 19.0 Å². The van der Waals surface area contributed by atoms with Gasteiger partial charge in [-0.25, -0.2) is 4.57 Å². The lowest BCUT2D eigenvalue weighted by molar-refractivity contribution is -0.161. The van der Waals surface area contributed by atoms with Crippen molar-refractivity contribution in [2.75, 3.05) is 20.3 Å². The molecule has 2 unspecified atom stereocenters. The van der Waals surface area contributed by atoms with Crippen molar-refractivity contribution in [3.8, 4) is 0 Å². The second-order valence-corrected chi connectivity index (χ2v) is 15.3. The number of phosphoric acid groups is 1. The Morgan fingerprint density at radius 3 is 1.42 bits per heavy atom. The first-order valence-corrected chi connectivity index (χ1v) is 22.0. The highest BCUT2D eigenvalue weighted by Gasteiger charge is 2.24. The van der Waals surface area contributed by atoms with Gasteiger partial charge in [0.2, 0.25) is 0 Å². The molecule has 0 amide bonds. The molecule has 0 heterocycles. The summed E-state index contributed by atoms with van der Waals surface area (Å²) < 4.78 is 31.9. The van der Waals surface area contributed by atoms with Crippen LogP contribution in [0, 0.1) is 0 Å². The van der Waals surface area contributed by atoms with Crippen LogP contribution in [0.4, 0.5) is 0 Å². The molecule has 0 radical (unpaired) electrons. The first-order valence-electron chi connectivity index (χ1n) is 20.5. The zero-order valence-corrected chi connectivity index (χ0v) is 33.5. The predicted molar refractivity (Wildman–Crippen MR) is 207 cm³/mol. The van der Waals surface area contributed by atoms with Gasteiger partial charge >= 0.3 is 19.8 Å². The van der Waals surface area contributed by atoms with E-state index >= 15 is 0 Å². The Hall–Kier alpha value is -1.47. The molecule has 8 nitrogen and oxygen atoms in total. The Morgan fingerprint density at radius 2 is 0.960 bits per heavy atom. The molecule has 0 aliphatic rings. The number of phosphoric ester groups is 1. The van der Waals surface area contributed by atoms with Crippen LogP contribution in [0.15, 0.2) is 24.3 Å². The summed E-state index contributed by atoms with van der Waals surface area (Å²) in [6.45, 7) is 3.87. The van der Waals surface area contributed by atoms with E-state index in [4.69, 9.17) is 14.0 Å². The lowest BCUT2D eigenvalue weighted by Gasteiger charge is -2.19. The van der Waals surface area contributed by atoms with E-state index in [0.29, 0.717) is 12.8 Å². The summed E-state index contributed by atoms with van der Waals surface area (Å²) in [4.78, 5) is 34.4. The van der Waals surface area contributed by atoms with E-state index in [9.17, 15) is 19.0 Å². The topological polar surface area (TPSA) is 108 Å². The Labute approximate surface area is 307 Å². The monoisotopic (exact) mass is 729 g/mol. The lowest BCUT2D eigenvalue weighted by atomic mass is 10.0. The van der Waals surface area contributed by atoms with Crippen molar-refractivity contribution in [3.63, 3.8) is 0 Å². The average molecular weight is 729 g/mol. The highest BCUT2D eigenvalue weighted by molar-refractivity contribution is 7.47. The van der Waals surface area contributed by atoms with Crippen molar-refractivity contribution in [2.45, 2.75) is 206 Å². The Bertz CT molecular complexity index is 875. The third-order valence-corrected chi connectivity index (χ3v) is 9.89. The van der Waals surface area contributed by atoms with Gasteiger partial charge in [0.1, 0.15) is 6.61 Å². The molecule has 0 bridgehead atoms. The minimum atomic E-state index is -4.26. The molecule has 294 valence electrons. The number of allylic oxidation sites excluding steroid dienone is 4. The molecule has 0 aliphatic heterocycles. The Kier molecular flexibility index (Phi) is 36.2. The molecule has 0 aliphatic carbocycles. The molecule has 0 aromatic heterocycles. The van der Waals surface area contributed by atoms with Crippen LogP contribution in [-0.2, 0) is 32.7 Å². The minimum absolute atomic E-state index is 0.227. The molecule has 0 aromatic rings. The van der Waals surface area contributed by atoms with Crippen molar-refractivity contribution in [3.05, 3.63) is 24.3 Å². The minimum Gasteiger partial charge on any atom is -0.462 e. The Balaban J connectivity index is 4.03. The molecular weight excluding hydrogens is 651 g/mol. The average Bonchev–Trinajstić information content (AvgIpc) is 3.10. The van der Waals surface area contributed by atoms with Crippen molar-refractivity contribution in [1.82, 2.24) is 0 Å². The molecular formula is C41H77O8P. The molecule has 2 atom stereocenters. The number of rotatable bonds is 38. The van der Waals surface area contributed by atoms with Gasteiger partial charge in [-0.2, -0.15) is 0 Å². The van der Waals surface area contributed by atoms with Crippen molar-refractivity contribution in [1.29, 1.82) is 0 Å². The number of hydrogen-bond donors (Lipinski definition) is 1. The first kappa shape index (κ1) is 48.5. The van der Waals surface area contributed by atoms with Crippen LogP contribution >= 0.6 is 7.82 Å². The number of hydrogen-bond acceptors (Lipinski definition) is 7. The SMILES string of the molecule is CCCCCC/C=C\C/C=C\CCCCCCCC(=O)OC(COC(=O)CCCCCCCCCCCCCCCCC)COP(=O)(O)OC. The summed E-state index contributed by atoms with van der Waals surface area (Å²) in [5, 5.41) is 0. The normalized spacial score (nSPS) is 13.6. The van der Waals surface area contributed by atoms with Crippen LogP contribution < -0.4 is 0 Å². The molecule has 0 saturated heterocycles. The number of esters is 2. The number of carbonyl (C=O) groups is 2. The summed E-state index contributed by atoms with van der Waals surface area (Å²) >= 11 is 0. The quantitative estimate of drug-likeness (QED) is 0.0290. The third kappa shape index (κ3) is 36.3. The van der Waals surface area contributed by atoms with Crippen LogP contribution in [0.1, 0.15) is 200 Å². The summed E-state index contributed by atoms with van der Waals surface area (Å²) in [7, 11) is -3.20. The van der Waals surface area contributed by atoms with Gasteiger partial charge in [-0.1, -0.05) is 167 Å². The molecule has 9 heteroatoms. The number of unbranched alkanes of at least 4 members (excludes halogenated alkanes) is 23. The van der Waals surface area contributed by atoms with Gasteiger partial charge in [0, 0.05) is 20.0 Å². The van der Waals surface area contributed by atoms with Crippen LogP contribution in [0.2, 0.25) is 0 Å². The second kappa shape index (κ2) is 37.3. The fourth-order valence-electron chi connectivity index (χ4n) is 5.75. The molecule has 0 saturated carbocycles. The highest BCUT2D eigenvalue weighted by atomic mass is 31.2. The molecule has 0 fully saturated rings. The van der Waals surface area contributed by atoms with Gasteiger partial charge in [0.15, 0.2) is 6.10 Å². The molecule has 0 aromatic carbocycles. The van der Waals surface area contributed by atoms with E-state index in [2.05, 4.69) is 42.7 Å². The summed E-state index contributed by atoms with van der Waals surface area (Å²) in [5.41, 5.74) is 0. The summed E-state index contributed by atoms with van der Waals surface area (Å²) in [5.74, 6) is -0.813. The zero-order valence-electron chi connectivity index (χ0n) is 32.6. The first-order chi connectivity index (χ1) is 24.3. The van der Waals surface area contributed by atoms with Crippen LogP contribution in [0.5, 0.6) is 0 Å². The molecule has 0 spiro atoms. The van der Waals surface area contributed by atoms with E-state index in [1.807, 2.05) is 0 Å². The smallest absolute Gasteiger partial charge is 0.462 e. The second-order valence-electron chi connectivity index (χ2n) is 13.8. The fourth-order valence-corrected chi connectivity index (χ4v) is 6.21. The summed E-state index contributed by atoms with van der Waals surface area (Å²) in [6, 6.07) is 0. The van der Waals surface area contributed by atoms with Gasteiger partial charge in [-0.05, 0) is 44.9 Å². The van der Waals surface area contributed by atoms with E-state index in [1.165, 1.54) is 109 Å². The Morgan fingerprint density at radius 1 is 0.560 bits per heavy atom. The third-order valence-electron chi connectivity index (χ3n) is 8.95. The van der Waals surface area contributed by atoms with Gasteiger partial charge in [-0.3, -0.25) is 18.6 Å². The molecule has 50 heavy (non-hydrogen) atoms. The number of carbonyl (C=O) groups excluding carboxylic acids is 2. The largest absolute Gasteiger partial charge is 0.472 e. The zero-order chi connectivity index (χ0) is 36.8. The van der Waals surface area contributed by atoms with E-state index in [0.717, 1.165) is 64.9 Å². The van der Waals surface area contributed by atoms with Crippen LogP contribution in [-0.4, -0.2) is 43.3 Å². The summed E-state index contributed by atoms with van der Waals surface area (Å²) in [6.07, 6.45) is 40.8. The maximum Gasteiger partial charge on any atom is 0.472 e. The van der Waals surface area contributed by atoms with E-state index < -0.39 is 26.5 Å². The fraction of sp³-hybridized carbons (Fsp3) is 0.854. The number of ether oxygens (including phenoxy) is 2. The molecule has 0 rings (SSSR count). The van der Waals surface area contributed by atoms with Crippen molar-refractivity contribution >= 4 is 19.8 Å². The predicted octanol–water partition coefficient (Wildman–Crippen LogP) is 12.7. The van der Waals surface area contributed by atoms with Crippen molar-refractivity contribution in [2.24, 2.45) is 0 Å². The van der Waals surface area contributed by atoms with Gasteiger partial charge in [0.25, 0.3) is 0 Å². The van der Waals surface area contributed by atoms with Crippen molar-refractivity contribution < 1.29 is 37.6 Å². The van der Waals surface area contributed by atoms with Crippen LogP contribution in [0.25, 0.3) is 0 Å². The maximum absolute atomic E-state index is 12.5. The standard InChI is InChI=1S/C41H77O8P/c1-4-6-8-10-12-14-16-18-20-22-24-26-28-30-32-34-36-41(43)49-39(38-48-50(44,45)46-3)37-47-40(42)35-33-31-29-27-25-23-21-19-17-15-13-11-9-7-5-2/h14,16,20,22,39H,4-13,15,17-19,21,23-38H2,1-3H3,(H,44,45)/b16-14-,22-20-. The highest BCUT2D eigenvalue weighted by Crippen LogP contribution is 2.42. The van der Waals surface area contributed by atoms with Gasteiger partial charge < -0.3 is 14.4 Å². The lowest BCUT2D eigenvalue weighted by Crippen LogP contribution is -2.29. The maximum atomic E-state index is 12.5. The van der Waals surface area contributed by atoms with Gasteiger partial charge in [0.05, 0.1) is 6.61 Å². The van der Waals surface area contributed by atoms with E-state index in [1.54, 1.807) is 0 Å².